The van der Waals surface area contributed by atoms with Crippen LogP contribution in [0.15, 0.2) is 58.7 Å². The predicted octanol–water partition coefficient (Wildman–Crippen LogP) is 4.86. The molecule has 0 spiro atoms. The van der Waals surface area contributed by atoms with Crippen molar-refractivity contribution in [3.63, 3.8) is 0 Å². The van der Waals surface area contributed by atoms with Crippen molar-refractivity contribution >= 4 is 46.1 Å². The van der Waals surface area contributed by atoms with Gasteiger partial charge in [0.25, 0.3) is 5.69 Å². The summed E-state index contributed by atoms with van der Waals surface area (Å²) in [4.78, 5) is 20.6. The maximum Gasteiger partial charge on any atom is 0.272 e. The van der Waals surface area contributed by atoms with Gasteiger partial charge < -0.3 is 5.32 Å². The highest BCUT2D eigenvalue weighted by Crippen LogP contribution is 2.32. The molecule has 122 valence electrons. The number of aromatic nitrogens is 2. The quantitative estimate of drug-likeness (QED) is 0.487. The molecule has 2 heterocycles. The van der Waals surface area contributed by atoms with Crippen molar-refractivity contribution in [3.05, 3.63) is 68.3 Å². The number of benzene rings is 1. The maximum absolute atomic E-state index is 11.2. The Hall–Kier alpha value is -2.16. The van der Waals surface area contributed by atoms with Gasteiger partial charge in [0.15, 0.2) is 4.47 Å². The molecule has 0 saturated heterocycles. The van der Waals surface area contributed by atoms with E-state index in [1.807, 2.05) is 24.3 Å². The Labute approximate surface area is 151 Å². The second kappa shape index (κ2) is 7.61. The fourth-order valence-electron chi connectivity index (χ4n) is 1.93. The molecule has 0 aliphatic rings. The van der Waals surface area contributed by atoms with Crippen LogP contribution in [0.1, 0.15) is 4.88 Å². The molecule has 1 aromatic carbocycles. The summed E-state index contributed by atoms with van der Waals surface area (Å²) >= 11 is 8.54. The SMILES string of the molecule is O=[N+]([O-])c1cc(NCc2cnc(Cl)s2)cc(Sc2ccccn2)c1. The van der Waals surface area contributed by atoms with Gasteiger partial charge in [-0.1, -0.05) is 29.4 Å². The number of nitro benzene ring substituents is 1. The van der Waals surface area contributed by atoms with Crippen LogP contribution in [0.2, 0.25) is 4.47 Å². The third-order valence-electron chi connectivity index (χ3n) is 2.95. The molecular weight excluding hydrogens is 368 g/mol. The molecule has 0 bridgehead atoms. The van der Waals surface area contributed by atoms with E-state index < -0.39 is 4.92 Å². The Morgan fingerprint density at radius 2 is 2.17 bits per heavy atom. The van der Waals surface area contributed by atoms with E-state index in [1.165, 1.54) is 35.2 Å². The monoisotopic (exact) mass is 378 g/mol. The van der Waals surface area contributed by atoms with Crippen molar-refractivity contribution in [1.82, 2.24) is 9.97 Å². The van der Waals surface area contributed by atoms with Crippen molar-refractivity contribution in [3.8, 4) is 0 Å². The summed E-state index contributed by atoms with van der Waals surface area (Å²) in [5, 5.41) is 15.1. The fourth-order valence-corrected chi connectivity index (χ4v) is 3.72. The summed E-state index contributed by atoms with van der Waals surface area (Å²) in [5.41, 5.74) is 0.688. The van der Waals surface area contributed by atoms with E-state index in [1.54, 1.807) is 12.4 Å². The highest BCUT2D eigenvalue weighted by molar-refractivity contribution is 7.99. The van der Waals surface area contributed by atoms with E-state index in [0.29, 0.717) is 16.7 Å². The lowest BCUT2D eigenvalue weighted by Crippen LogP contribution is -1.99. The fraction of sp³-hybridized carbons (Fsp3) is 0.0667. The number of pyridine rings is 1. The second-order valence-electron chi connectivity index (χ2n) is 4.68. The molecule has 0 aliphatic carbocycles. The molecule has 1 N–H and O–H groups in total. The maximum atomic E-state index is 11.2. The zero-order valence-corrected chi connectivity index (χ0v) is 14.6. The van der Waals surface area contributed by atoms with Gasteiger partial charge in [-0.05, 0) is 18.2 Å². The minimum atomic E-state index is -0.406. The molecule has 0 unspecified atom stereocenters. The van der Waals surface area contributed by atoms with Crippen molar-refractivity contribution in [2.75, 3.05) is 5.32 Å². The van der Waals surface area contributed by atoms with Crippen LogP contribution in [-0.2, 0) is 6.54 Å². The molecule has 6 nitrogen and oxygen atoms in total. The average molecular weight is 379 g/mol. The zero-order valence-electron chi connectivity index (χ0n) is 12.2. The minimum Gasteiger partial charge on any atom is -0.380 e. The molecule has 0 aliphatic heterocycles. The molecule has 0 fully saturated rings. The van der Waals surface area contributed by atoms with E-state index >= 15 is 0 Å². The van der Waals surface area contributed by atoms with Crippen LogP contribution >= 0.6 is 34.7 Å². The Morgan fingerprint density at radius 3 is 2.83 bits per heavy atom. The summed E-state index contributed by atoms with van der Waals surface area (Å²) in [6.07, 6.45) is 3.37. The first-order chi connectivity index (χ1) is 11.6. The first kappa shape index (κ1) is 16.7. The third-order valence-corrected chi connectivity index (χ3v) is 4.99. The first-order valence-electron chi connectivity index (χ1n) is 6.82. The summed E-state index contributed by atoms with van der Waals surface area (Å²) in [6, 6.07) is 10.5. The molecule has 9 heteroatoms. The van der Waals surface area contributed by atoms with Gasteiger partial charge in [0.1, 0.15) is 5.03 Å². The summed E-state index contributed by atoms with van der Waals surface area (Å²) in [6.45, 7) is 0.499. The van der Waals surface area contributed by atoms with E-state index in [-0.39, 0.29) is 5.69 Å². The van der Waals surface area contributed by atoms with Crippen LogP contribution in [0.5, 0.6) is 0 Å². The van der Waals surface area contributed by atoms with E-state index in [9.17, 15) is 10.1 Å². The number of hydrogen-bond acceptors (Lipinski definition) is 7. The number of nitrogens with one attached hydrogen (secondary N) is 1. The molecule has 0 amide bonds. The van der Waals surface area contributed by atoms with E-state index in [0.717, 1.165) is 14.8 Å². The van der Waals surface area contributed by atoms with Crippen LogP contribution in [0, 0.1) is 10.1 Å². The van der Waals surface area contributed by atoms with Gasteiger partial charge >= 0.3 is 0 Å². The smallest absolute Gasteiger partial charge is 0.272 e. The van der Waals surface area contributed by atoms with Crippen LogP contribution in [-0.4, -0.2) is 14.9 Å². The lowest BCUT2D eigenvalue weighted by Gasteiger charge is -2.07. The summed E-state index contributed by atoms with van der Waals surface area (Å²) in [5.74, 6) is 0. The highest BCUT2D eigenvalue weighted by Gasteiger charge is 2.11. The molecule has 0 saturated carbocycles. The molecule has 3 rings (SSSR count). The van der Waals surface area contributed by atoms with Crippen LogP contribution in [0.4, 0.5) is 11.4 Å². The average Bonchev–Trinajstić information content (AvgIpc) is 2.99. The van der Waals surface area contributed by atoms with Crippen molar-refractivity contribution in [2.24, 2.45) is 0 Å². The number of nitro groups is 1. The Morgan fingerprint density at radius 1 is 1.29 bits per heavy atom. The van der Waals surface area contributed by atoms with Crippen molar-refractivity contribution in [1.29, 1.82) is 0 Å². The van der Waals surface area contributed by atoms with Gasteiger partial charge in [0.2, 0.25) is 0 Å². The number of halogens is 1. The van der Waals surface area contributed by atoms with Gasteiger partial charge in [-0.25, -0.2) is 9.97 Å². The van der Waals surface area contributed by atoms with E-state index in [2.05, 4.69) is 15.3 Å². The predicted molar refractivity (Wildman–Crippen MR) is 95.9 cm³/mol. The van der Waals surface area contributed by atoms with Crippen LogP contribution in [0.25, 0.3) is 0 Å². The Bertz CT molecular complexity index is 858. The van der Waals surface area contributed by atoms with Crippen LogP contribution in [0.3, 0.4) is 0 Å². The largest absolute Gasteiger partial charge is 0.380 e. The molecule has 0 atom stereocenters. The summed E-state index contributed by atoms with van der Waals surface area (Å²) < 4.78 is 0.470. The number of anilines is 1. The molecule has 0 radical (unpaired) electrons. The minimum absolute atomic E-state index is 0.0285. The topological polar surface area (TPSA) is 81.0 Å². The van der Waals surface area contributed by atoms with Gasteiger partial charge in [0.05, 0.1) is 11.5 Å². The highest BCUT2D eigenvalue weighted by atomic mass is 35.5. The lowest BCUT2D eigenvalue weighted by atomic mass is 10.3. The Kier molecular flexibility index (Phi) is 5.29. The Balaban J connectivity index is 1.81. The van der Waals surface area contributed by atoms with Crippen molar-refractivity contribution in [2.45, 2.75) is 16.5 Å². The number of nitrogens with zero attached hydrogens (tertiary/aromatic N) is 3. The first-order valence-corrected chi connectivity index (χ1v) is 8.84. The number of hydrogen-bond donors (Lipinski definition) is 1. The van der Waals surface area contributed by atoms with Crippen molar-refractivity contribution < 1.29 is 4.92 Å². The number of rotatable bonds is 6. The molecule has 3 aromatic rings. The standard InChI is InChI=1S/C15H11ClN4O2S2/c16-15-19-9-13(24-15)8-18-10-5-11(20(21)22)7-12(6-10)23-14-3-1-2-4-17-14/h1-7,9,18H,8H2. The van der Waals surface area contributed by atoms with Gasteiger partial charge in [0, 0.05) is 40.0 Å². The third kappa shape index (κ3) is 4.44. The normalized spacial score (nSPS) is 10.5. The van der Waals surface area contributed by atoms with Gasteiger partial charge in [-0.15, -0.1) is 11.3 Å². The molecular formula is C15H11ClN4O2S2. The second-order valence-corrected chi connectivity index (χ2v) is 7.47. The zero-order chi connectivity index (χ0) is 16.9. The number of thiazole rings is 1. The molecule has 24 heavy (non-hydrogen) atoms. The lowest BCUT2D eigenvalue weighted by molar-refractivity contribution is -0.385. The summed E-state index contributed by atoms with van der Waals surface area (Å²) in [7, 11) is 0. The van der Waals surface area contributed by atoms with E-state index in [4.69, 9.17) is 11.6 Å². The van der Waals surface area contributed by atoms with Gasteiger partial charge in [-0.3, -0.25) is 10.1 Å². The molecule has 2 aromatic heterocycles. The number of non-ortho nitro benzene ring substituents is 1. The van der Waals surface area contributed by atoms with Crippen LogP contribution < -0.4 is 5.32 Å². The van der Waals surface area contributed by atoms with Gasteiger partial charge in [-0.2, -0.15) is 0 Å².